The van der Waals surface area contributed by atoms with Crippen molar-refractivity contribution in [2.24, 2.45) is 0 Å². The molecule has 1 atom stereocenters. The van der Waals surface area contributed by atoms with Crippen molar-refractivity contribution in [1.29, 1.82) is 0 Å². The topological polar surface area (TPSA) is 45.5 Å². The van der Waals surface area contributed by atoms with Crippen molar-refractivity contribution >= 4 is 17.2 Å². The lowest BCUT2D eigenvalue weighted by Crippen LogP contribution is -2.46. The molecule has 1 N–H and O–H groups in total. The van der Waals surface area contributed by atoms with Crippen LogP contribution in [0.5, 0.6) is 0 Å². The van der Waals surface area contributed by atoms with Crippen LogP contribution in [0.2, 0.25) is 0 Å². The minimum absolute atomic E-state index is 0.0197. The van der Waals surface area contributed by atoms with E-state index in [-0.39, 0.29) is 5.91 Å². The normalized spacial score (nSPS) is 22.1. The third kappa shape index (κ3) is 3.08. The number of aryl methyl sites for hydroxylation is 1. The molecular formula is C18H22N2O2S. The third-order valence-electron chi connectivity index (χ3n) is 5.00. The van der Waals surface area contributed by atoms with Gasteiger partial charge in [-0.15, -0.1) is 11.3 Å². The second-order valence-corrected chi connectivity index (χ2v) is 7.46. The van der Waals surface area contributed by atoms with Gasteiger partial charge in [-0.1, -0.05) is 0 Å². The molecule has 1 saturated heterocycles. The van der Waals surface area contributed by atoms with E-state index in [0.717, 1.165) is 25.9 Å². The molecule has 122 valence electrons. The Morgan fingerprint density at radius 1 is 1.26 bits per heavy atom. The number of nitrogens with one attached hydrogen (secondary N) is 1. The fourth-order valence-corrected chi connectivity index (χ4v) is 4.74. The summed E-state index contributed by atoms with van der Waals surface area (Å²) in [6.07, 6.45) is 7.34. The van der Waals surface area contributed by atoms with Gasteiger partial charge in [-0.2, -0.15) is 0 Å². The molecule has 0 unspecified atom stereocenters. The summed E-state index contributed by atoms with van der Waals surface area (Å²) in [6, 6.07) is 6.80. The summed E-state index contributed by atoms with van der Waals surface area (Å²) >= 11 is 1.89. The first-order valence-electron chi connectivity index (χ1n) is 8.46. The summed E-state index contributed by atoms with van der Waals surface area (Å²) in [5, 5.41) is 6.06. The van der Waals surface area contributed by atoms with Gasteiger partial charge in [0.2, 0.25) is 0 Å². The molecule has 5 heteroatoms. The molecule has 23 heavy (non-hydrogen) atoms. The van der Waals surface area contributed by atoms with Crippen molar-refractivity contribution in [2.75, 3.05) is 13.1 Å². The predicted octanol–water partition coefficient (Wildman–Crippen LogP) is 3.61. The van der Waals surface area contributed by atoms with Crippen LogP contribution in [0.3, 0.4) is 0 Å². The molecule has 0 aromatic carbocycles. The number of nitrogens with zero attached hydrogens (tertiary/aromatic N) is 1. The van der Waals surface area contributed by atoms with Gasteiger partial charge >= 0.3 is 0 Å². The number of fused-ring (bicyclic) bond motifs is 1. The molecule has 4 nitrogen and oxygen atoms in total. The van der Waals surface area contributed by atoms with E-state index in [1.807, 2.05) is 16.2 Å². The fraction of sp³-hybridized carbons (Fsp3) is 0.500. The summed E-state index contributed by atoms with van der Waals surface area (Å²) in [7, 11) is 0. The van der Waals surface area contributed by atoms with Gasteiger partial charge in [-0.3, -0.25) is 4.79 Å². The second-order valence-electron chi connectivity index (χ2n) is 6.45. The van der Waals surface area contributed by atoms with Crippen LogP contribution >= 0.6 is 11.3 Å². The molecule has 4 rings (SSSR count). The third-order valence-corrected chi connectivity index (χ3v) is 6.00. The Hall–Kier alpha value is -1.59. The summed E-state index contributed by atoms with van der Waals surface area (Å²) in [4.78, 5) is 15.8. The highest BCUT2D eigenvalue weighted by molar-refractivity contribution is 7.10. The van der Waals surface area contributed by atoms with Crippen LogP contribution in [-0.4, -0.2) is 29.9 Å². The van der Waals surface area contributed by atoms with Gasteiger partial charge in [0.15, 0.2) is 5.76 Å². The zero-order chi connectivity index (χ0) is 15.6. The molecule has 2 aromatic rings. The average Bonchev–Trinajstić information content (AvgIpc) is 3.27. The van der Waals surface area contributed by atoms with Gasteiger partial charge in [0, 0.05) is 30.1 Å². The maximum Gasteiger partial charge on any atom is 0.289 e. The van der Waals surface area contributed by atoms with Gasteiger partial charge in [0.05, 0.1) is 6.26 Å². The number of likely N-dealkylation sites (tertiary alicyclic amines) is 1. The van der Waals surface area contributed by atoms with E-state index in [0.29, 0.717) is 17.8 Å². The monoisotopic (exact) mass is 330 g/mol. The van der Waals surface area contributed by atoms with Gasteiger partial charge in [0.25, 0.3) is 5.91 Å². The Bertz CT molecular complexity index is 656. The molecule has 2 aromatic heterocycles. The lowest BCUT2D eigenvalue weighted by molar-refractivity contribution is 0.0668. The first-order valence-corrected chi connectivity index (χ1v) is 9.34. The largest absolute Gasteiger partial charge is 0.459 e. The van der Waals surface area contributed by atoms with E-state index >= 15 is 0 Å². The average molecular weight is 330 g/mol. The Morgan fingerprint density at radius 3 is 2.91 bits per heavy atom. The SMILES string of the molecule is O=C(c1ccco1)N1CCC(N[C@H]2CCCc3sccc32)CC1. The number of hydrogen-bond donors (Lipinski definition) is 1. The molecule has 0 spiro atoms. The van der Waals surface area contributed by atoms with Crippen LogP contribution in [-0.2, 0) is 6.42 Å². The summed E-state index contributed by atoms with van der Waals surface area (Å²) in [5.41, 5.74) is 1.51. The highest BCUT2D eigenvalue weighted by Gasteiger charge is 2.28. The Balaban J connectivity index is 1.33. The van der Waals surface area contributed by atoms with Crippen LogP contribution in [0.15, 0.2) is 34.3 Å². The number of thiophene rings is 1. The minimum atomic E-state index is 0.0197. The molecule has 2 aliphatic rings. The van der Waals surface area contributed by atoms with Crippen molar-refractivity contribution < 1.29 is 9.21 Å². The number of carbonyl (C=O) groups is 1. The molecule has 1 aliphatic heterocycles. The highest BCUT2D eigenvalue weighted by Crippen LogP contribution is 2.34. The molecule has 0 saturated carbocycles. The zero-order valence-electron chi connectivity index (χ0n) is 13.2. The molecule has 1 fully saturated rings. The van der Waals surface area contributed by atoms with Crippen molar-refractivity contribution in [3.8, 4) is 0 Å². The molecule has 0 bridgehead atoms. The van der Waals surface area contributed by atoms with E-state index < -0.39 is 0 Å². The molecular weight excluding hydrogens is 308 g/mol. The van der Waals surface area contributed by atoms with E-state index in [1.54, 1.807) is 23.3 Å². The Kier molecular flexibility index (Phi) is 4.23. The number of carbonyl (C=O) groups excluding carboxylic acids is 1. The zero-order valence-corrected chi connectivity index (χ0v) is 14.0. The van der Waals surface area contributed by atoms with Crippen molar-refractivity contribution in [3.05, 3.63) is 46.0 Å². The van der Waals surface area contributed by atoms with Gasteiger partial charge in [-0.25, -0.2) is 0 Å². The predicted molar refractivity (Wildman–Crippen MR) is 90.8 cm³/mol. The van der Waals surface area contributed by atoms with Crippen LogP contribution < -0.4 is 5.32 Å². The van der Waals surface area contributed by atoms with E-state index in [4.69, 9.17) is 4.42 Å². The molecule has 3 heterocycles. The standard InChI is InChI=1S/C18H22N2O2S/c21-18(16-4-2-11-22-16)20-9-6-13(7-10-20)19-15-3-1-5-17-14(15)8-12-23-17/h2,4,8,11-13,15,19H,1,3,5-7,9-10H2/t15-/m0/s1. The quantitative estimate of drug-likeness (QED) is 0.935. The van der Waals surface area contributed by atoms with Crippen LogP contribution in [0.4, 0.5) is 0 Å². The first kappa shape index (κ1) is 15.0. The van der Waals surface area contributed by atoms with Crippen molar-refractivity contribution in [1.82, 2.24) is 10.2 Å². The smallest absolute Gasteiger partial charge is 0.289 e. The van der Waals surface area contributed by atoms with Crippen molar-refractivity contribution in [2.45, 2.75) is 44.2 Å². The maximum atomic E-state index is 12.3. The lowest BCUT2D eigenvalue weighted by atomic mass is 9.92. The Morgan fingerprint density at radius 2 is 2.13 bits per heavy atom. The number of hydrogen-bond acceptors (Lipinski definition) is 4. The lowest BCUT2D eigenvalue weighted by Gasteiger charge is -2.35. The van der Waals surface area contributed by atoms with E-state index in [9.17, 15) is 4.79 Å². The Labute approximate surface area is 140 Å². The van der Waals surface area contributed by atoms with Gasteiger partial charge in [0.1, 0.15) is 0 Å². The first-order chi connectivity index (χ1) is 11.3. The van der Waals surface area contributed by atoms with Gasteiger partial charge in [-0.05, 0) is 61.2 Å². The molecule has 1 amide bonds. The van der Waals surface area contributed by atoms with Gasteiger partial charge < -0.3 is 14.6 Å². The molecule has 0 radical (unpaired) electrons. The van der Waals surface area contributed by atoms with Crippen LogP contribution in [0, 0.1) is 0 Å². The minimum Gasteiger partial charge on any atom is -0.459 e. The van der Waals surface area contributed by atoms with E-state index in [1.165, 1.54) is 24.8 Å². The second kappa shape index (κ2) is 6.49. The number of amides is 1. The highest BCUT2D eigenvalue weighted by atomic mass is 32.1. The number of piperidine rings is 1. The van der Waals surface area contributed by atoms with E-state index in [2.05, 4.69) is 16.8 Å². The summed E-state index contributed by atoms with van der Waals surface area (Å²) < 4.78 is 5.22. The van der Waals surface area contributed by atoms with Crippen LogP contribution in [0.25, 0.3) is 0 Å². The summed E-state index contributed by atoms with van der Waals surface area (Å²) in [5.74, 6) is 0.470. The summed E-state index contributed by atoms with van der Waals surface area (Å²) in [6.45, 7) is 1.61. The number of rotatable bonds is 3. The van der Waals surface area contributed by atoms with Crippen LogP contribution in [0.1, 0.15) is 52.7 Å². The maximum absolute atomic E-state index is 12.3. The fourth-order valence-electron chi connectivity index (χ4n) is 3.75. The molecule has 1 aliphatic carbocycles. The number of furan rings is 1. The van der Waals surface area contributed by atoms with Crippen molar-refractivity contribution in [3.63, 3.8) is 0 Å².